The molecule has 2 N–H and O–H groups in total. The Balaban J connectivity index is 1.56. The molecule has 0 aliphatic carbocycles. The van der Waals surface area contributed by atoms with Gasteiger partial charge in [0.1, 0.15) is 0 Å². The lowest BCUT2D eigenvalue weighted by molar-refractivity contribution is -0.702. The normalized spacial score (nSPS) is 20.4. The van der Waals surface area contributed by atoms with E-state index >= 15 is 0 Å². The van der Waals surface area contributed by atoms with E-state index in [2.05, 4.69) is 5.43 Å². The Morgan fingerprint density at radius 3 is 2.75 bits per heavy atom. The van der Waals surface area contributed by atoms with E-state index in [1.54, 1.807) is 11.3 Å². The highest BCUT2D eigenvalue weighted by Crippen LogP contribution is 2.24. The van der Waals surface area contributed by atoms with Crippen molar-refractivity contribution in [3.05, 3.63) is 63.2 Å². The molecule has 1 aromatic heterocycles. The maximum atomic E-state index is 12.5. The monoisotopic (exact) mass is 346 g/mol. The highest BCUT2D eigenvalue weighted by molar-refractivity contribution is 7.09. The molecule has 126 valence electrons. The molecule has 0 saturated carbocycles. The number of hydrazine groups is 1. The zero-order chi connectivity index (χ0) is 17.0. The Morgan fingerprint density at radius 2 is 2.04 bits per heavy atom. The molecule has 0 radical (unpaired) electrons. The molecule has 0 spiro atoms. The molecule has 1 aliphatic heterocycles. The Bertz CT molecular complexity index is 705. The average molecular weight is 346 g/mol. The highest BCUT2D eigenvalue weighted by Gasteiger charge is 2.59. The lowest BCUT2D eigenvalue weighted by Crippen LogP contribution is -2.53. The Labute approximate surface area is 144 Å². The van der Waals surface area contributed by atoms with Crippen LogP contribution in [0.15, 0.2) is 47.8 Å². The van der Waals surface area contributed by atoms with Gasteiger partial charge in [0, 0.05) is 24.4 Å². The largest absolute Gasteiger partial charge is 0.423 e. The molecule has 24 heavy (non-hydrogen) atoms. The van der Waals surface area contributed by atoms with E-state index in [0.717, 1.165) is 10.4 Å². The molecule has 0 bridgehead atoms. The van der Waals surface area contributed by atoms with E-state index < -0.39 is 11.6 Å². The van der Waals surface area contributed by atoms with Crippen LogP contribution in [-0.2, 0) is 17.8 Å². The minimum absolute atomic E-state index is 0.0914. The first-order chi connectivity index (χ1) is 11.6. The molecule has 7 heteroatoms. The number of hydrogen-bond donors (Lipinski definition) is 2. The minimum Gasteiger partial charge on any atom is -0.329 e. The summed E-state index contributed by atoms with van der Waals surface area (Å²) in [5.74, 6) is -0.551. The third kappa shape index (κ3) is 3.47. The maximum Gasteiger partial charge on any atom is 0.423 e. The van der Waals surface area contributed by atoms with Crippen LogP contribution in [0.25, 0.3) is 0 Å². The van der Waals surface area contributed by atoms with Gasteiger partial charge in [-0.2, -0.15) is 0 Å². The van der Waals surface area contributed by atoms with Gasteiger partial charge in [0.2, 0.25) is 0 Å². The fourth-order valence-corrected chi connectivity index (χ4v) is 3.47. The van der Waals surface area contributed by atoms with E-state index in [1.165, 1.54) is 4.90 Å². The standard InChI is InChI=1S/C17H20N3O3S/c21-16-17(22,20(23)18-10-8-15-7-4-12-24-15)9-11-19(16)13-14-5-2-1-3-6-14/h1-7,12,22H,8-11,13H2,(H,18,23)/q+1. The van der Waals surface area contributed by atoms with Crippen LogP contribution in [0.2, 0.25) is 0 Å². The summed E-state index contributed by atoms with van der Waals surface area (Å²) in [7, 11) is 0. The van der Waals surface area contributed by atoms with Crippen LogP contribution in [0.3, 0.4) is 0 Å². The number of amides is 1. The SMILES string of the molecule is O=C1N(Cc2ccccc2)CCC1(O)[N+](=O)NCCc1cccs1. The summed E-state index contributed by atoms with van der Waals surface area (Å²) in [5.41, 5.74) is 1.55. The first-order valence-electron chi connectivity index (χ1n) is 7.88. The summed E-state index contributed by atoms with van der Waals surface area (Å²) in [4.78, 5) is 27.6. The molecule has 6 nitrogen and oxygen atoms in total. The number of thiophene rings is 1. The lowest BCUT2D eigenvalue weighted by atomic mass is 10.2. The van der Waals surface area contributed by atoms with Crippen molar-refractivity contribution in [2.45, 2.75) is 25.1 Å². The second-order valence-corrected chi connectivity index (χ2v) is 6.84. The first-order valence-corrected chi connectivity index (χ1v) is 8.76. The summed E-state index contributed by atoms with van der Waals surface area (Å²) in [6.07, 6.45) is 0.766. The second kappa shape index (κ2) is 7.11. The van der Waals surface area contributed by atoms with Gasteiger partial charge in [-0.15, -0.1) is 16.8 Å². The van der Waals surface area contributed by atoms with Crippen LogP contribution in [-0.4, -0.2) is 39.6 Å². The van der Waals surface area contributed by atoms with Crippen molar-refractivity contribution in [1.29, 1.82) is 0 Å². The molecule has 1 amide bonds. The fraction of sp³-hybridized carbons (Fsp3) is 0.353. The molecule has 1 fully saturated rings. The molecule has 2 heterocycles. The number of likely N-dealkylation sites (tertiary alicyclic amines) is 1. The molecule has 3 rings (SSSR count). The molecule has 1 atom stereocenters. The van der Waals surface area contributed by atoms with E-state index in [4.69, 9.17) is 0 Å². The van der Waals surface area contributed by atoms with Gasteiger partial charge >= 0.3 is 11.6 Å². The van der Waals surface area contributed by atoms with Crippen molar-refractivity contribution in [2.24, 2.45) is 0 Å². The number of nitroso groups, excluding NO2 is 1. The summed E-state index contributed by atoms with van der Waals surface area (Å²) in [6.45, 7) is 1.12. The van der Waals surface area contributed by atoms with Gasteiger partial charge in [-0.05, 0) is 17.0 Å². The highest BCUT2D eigenvalue weighted by atomic mass is 32.1. The number of nitrogens with zero attached hydrogens (tertiary/aromatic N) is 2. The van der Waals surface area contributed by atoms with E-state index in [1.807, 2.05) is 47.8 Å². The zero-order valence-corrected chi connectivity index (χ0v) is 14.0. The van der Waals surface area contributed by atoms with Crippen molar-refractivity contribution >= 4 is 17.2 Å². The van der Waals surface area contributed by atoms with Gasteiger partial charge in [0.15, 0.2) is 4.87 Å². The summed E-state index contributed by atoms with van der Waals surface area (Å²) in [5, 5.41) is 12.5. The van der Waals surface area contributed by atoms with Crippen LogP contribution >= 0.6 is 11.3 Å². The van der Waals surface area contributed by atoms with Crippen LogP contribution in [0.1, 0.15) is 16.9 Å². The molecule has 2 aromatic rings. The number of carbonyl (C=O) groups excluding carboxylic acids is 1. The Morgan fingerprint density at radius 1 is 1.25 bits per heavy atom. The third-order valence-corrected chi connectivity index (χ3v) is 5.06. The van der Waals surface area contributed by atoms with Crippen LogP contribution in [0.5, 0.6) is 0 Å². The van der Waals surface area contributed by atoms with Crippen LogP contribution in [0, 0.1) is 4.91 Å². The smallest absolute Gasteiger partial charge is 0.329 e. The van der Waals surface area contributed by atoms with Gasteiger partial charge in [0.05, 0.1) is 17.9 Å². The summed E-state index contributed by atoms with van der Waals surface area (Å²) < 4.78 is 0. The molecular weight excluding hydrogens is 326 g/mol. The number of hydrogen-bond acceptors (Lipinski definition) is 4. The second-order valence-electron chi connectivity index (χ2n) is 5.81. The Hall–Kier alpha value is -2.25. The van der Waals surface area contributed by atoms with E-state index in [-0.39, 0.29) is 6.42 Å². The Kier molecular flexibility index (Phi) is 4.92. The number of benzene rings is 1. The number of carbonyl (C=O) groups is 1. The van der Waals surface area contributed by atoms with Crippen LogP contribution < -0.4 is 5.43 Å². The van der Waals surface area contributed by atoms with E-state index in [0.29, 0.717) is 30.9 Å². The molecular formula is C17H20N3O3S+. The van der Waals surface area contributed by atoms with E-state index in [9.17, 15) is 14.8 Å². The molecule has 1 saturated heterocycles. The molecule has 1 aromatic carbocycles. The van der Waals surface area contributed by atoms with Crippen molar-refractivity contribution in [2.75, 3.05) is 13.1 Å². The minimum atomic E-state index is -2.02. The third-order valence-electron chi connectivity index (χ3n) is 4.12. The predicted molar refractivity (Wildman–Crippen MR) is 91.1 cm³/mol. The van der Waals surface area contributed by atoms with Gasteiger partial charge in [-0.3, -0.25) is 4.79 Å². The predicted octanol–water partition coefficient (Wildman–Crippen LogP) is 1.70. The van der Waals surface area contributed by atoms with Gasteiger partial charge in [-0.25, -0.2) is 0 Å². The van der Waals surface area contributed by atoms with Gasteiger partial charge in [0.25, 0.3) is 0 Å². The quantitative estimate of drug-likeness (QED) is 0.455. The fourth-order valence-electron chi connectivity index (χ4n) is 2.76. The van der Waals surface area contributed by atoms with Crippen LogP contribution in [0.4, 0.5) is 0 Å². The van der Waals surface area contributed by atoms with Crippen molar-refractivity contribution in [3.63, 3.8) is 0 Å². The van der Waals surface area contributed by atoms with Gasteiger partial charge < -0.3 is 10.0 Å². The van der Waals surface area contributed by atoms with Crippen molar-refractivity contribution in [3.8, 4) is 0 Å². The maximum absolute atomic E-state index is 12.5. The molecule has 1 unspecified atom stereocenters. The van der Waals surface area contributed by atoms with Gasteiger partial charge in [-0.1, -0.05) is 36.4 Å². The first kappa shape index (κ1) is 16.6. The number of nitrogens with one attached hydrogen (secondary N) is 1. The topological polar surface area (TPSA) is 72.7 Å². The summed E-state index contributed by atoms with van der Waals surface area (Å²) >= 11 is 1.61. The average Bonchev–Trinajstić information content (AvgIpc) is 3.20. The molecule has 1 aliphatic rings. The van der Waals surface area contributed by atoms with Crippen molar-refractivity contribution in [1.82, 2.24) is 10.3 Å². The zero-order valence-electron chi connectivity index (χ0n) is 13.2. The number of rotatable bonds is 7. The van der Waals surface area contributed by atoms with Crippen molar-refractivity contribution < 1.29 is 14.8 Å². The number of aliphatic hydroxyl groups is 1. The lowest BCUT2D eigenvalue weighted by Gasteiger charge is -2.16. The summed E-state index contributed by atoms with van der Waals surface area (Å²) in [6, 6.07) is 13.5.